The van der Waals surface area contributed by atoms with Crippen molar-refractivity contribution in [2.45, 2.75) is 17.4 Å². The van der Waals surface area contributed by atoms with Gasteiger partial charge in [-0.15, -0.1) is 11.8 Å². The summed E-state index contributed by atoms with van der Waals surface area (Å²) in [6, 6.07) is 8.10. The molecule has 0 spiro atoms. The van der Waals surface area contributed by atoms with Crippen molar-refractivity contribution in [2.75, 3.05) is 12.4 Å². The molecule has 0 radical (unpaired) electrons. The van der Waals surface area contributed by atoms with Gasteiger partial charge in [0.25, 0.3) is 0 Å². The Morgan fingerprint density at radius 3 is 2.57 bits per heavy atom. The quantitative estimate of drug-likeness (QED) is 0.811. The van der Waals surface area contributed by atoms with E-state index in [1.165, 1.54) is 4.90 Å². The summed E-state index contributed by atoms with van der Waals surface area (Å²) in [6.45, 7) is 0.0703. The minimum absolute atomic E-state index is 0.0703. The van der Waals surface area contributed by atoms with Gasteiger partial charge in [0.05, 0.1) is 6.61 Å². The highest BCUT2D eigenvalue weighted by Crippen LogP contribution is 2.21. The molecule has 14 heavy (non-hydrogen) atoms. The van der Waals surface area contributed by atoms with Gasteiger partial charge in [-0.25, -0.2) is 0 Å². The van der Waals surface area contributed by atoms with Gasteiger partial charge in [0.2, 0.25) is 0 Å². The Hall–Kier alpha value is -0.0300. The van der Waals surface area contributed by atoms with Crippen LogP contribution in [0.3, 0.4) is 0 Å². The molecule has 0 fully saturated rings. The van der Waals surface area contributed by atoms with E-state index in [1.807, 2.05) is 12.1 Å². The fraction of sp³-hybridized carbons (Fsp3) is 0.400. The van der Waals surface area contributed by atoms with Gasteiger partial charge < -0.3 is 10.8 Å². The van der Waals surface area contributed by atoms with E-state index in [4.69, 9.17) is 10.8 Å². The molecule has 1 aromatic carbocycles. The first-order chi connectivity index (χ1) is 6.72. The predicted octanol–water partition coefficient (Wildman–Crippen LogP) is 2.25. The second kappa shape index (κ2) is 6.45. The van der Waals surface area contributed by atoms with Crippen molar-refractivity contribution < 1.29 is 5.11 Å². The number of aliphatic hydroxyl groups excluding tert-OH is 1. The summed E-state index contributed by atoms with van der Waals surface area (Å²) in [7, 11) is 0. The van der Waals surface area contributed by atoms with Crippen LogP contribution in [0.15, 0.2) is 33.6 Å². The molecule has 0 saturated carbocycles. The largest absolute Gasteiger partial charge is 0.395 e. The maximum atomic E-state index is 8.73. The smallest absolute Gasteiger partial charge is 0.0582 e. The van der Waals surface area contributed by atoms with Gasteiger partial charge >= 0.3 is 0 Å². The van der Waals surface area contributed by atoms with E-state index in [2.05, 4.69) is 28.1 Å². The SMILES string of the molecule is NC(CO)CCSc1ccc(Br)cc1. The molecule has 0 bridgehead atoms. The fourth-order valence-electron chi connectivity index (χ4n) is 0.950. The van der Waals surface area contributed by atoms with Crippen molar-refractivity contribution >= 4 is 27.7 Å². The van der Waals surface area contributed by atoms with Crippen molar-refractivity contribution in [2.24, 2.45) is 5.73 Å². The third-order valence-corrected chi connectivity index (χ3v) is 3.38. The third kappa shape index (κ3) is 4.46. The first kappa shape index (κ1) is 12.0. The van der Waals surface area contributed by atoms with Crippen LogP contribution in [-0.2, 0) is 0 Å². The van der Waals surface area contributed by atoms with Crippen LogP contribution in [0.5, 0.6) is 0 Å². The molecule has 4 heteroatoms. The van der Waals surface area contributed by atoms with Crippen LogP contribution in [0.2, 0.25) is 0 Å². The van der Waals surface area contributed by atoms with E-state index in [-0.39, 0.29) is 12.6 Å². The van der Waals surface area contributed by atoms with E-state index in [0.717, 1.165) is 16.6 Å². The minimum atomic E-state index is -0.0852. The van der Waals surface area contributed by atoms with Crippen LogP contribution in [-0.4, -0.2) is 23.5 Å². The van der Waals surface area contributed by atoms with Gasteiger partial charge in [-0.2, -0.15) is 0 Å². The van der Waals surface area contributed by atoms with Gasteiger partial charge in [-0.3, -0.25) is 0 Å². The van der Waals surface area contributed by atoms with Crippen molar-refractivity contribution in [1.82, 2.24) is 0 Å². The Balaban J connectivity index is 2.28. The third-order valence-electron chi connectivity index (χ3n) is 1.81. The molecule has 0 aliphatic heterocycles. The fourth-order valence-corrected chi connectivity index (χ4v) is 2.20. The lowest BCUT2D eigenvalue weighted by molar-refractivity contribution is 0.264. The summed E-state index contributed by atoms with van der Waals surface area (Å²) in [4.78, 5) is 1.23. The maximum Gasteiger partial charge on any atom is 0.0582 e. The summed E-state index contributed by atoms with van der Waals surface area (Å²) in [6.07, 6.45) is 0.844. The Labute approximate surface area is 97.0 Å². The van der Waals surface area contributed by atoms with Gasteiger partial charge in [0.15, 0.2) is 0 Å². The molecule has 0 amide bonds. The molecule has 0 aliphatic carbocycles. The molecule has 1 atom stereocenters. The molecule has 1 unspecified atom stereocenters. The van der Waals surface area contributed by atoms with Gasteiger partial charge in [-0.1, -0.05) is 15.9 Å². The lowest BCUT2D eigenvalue weighted by Crippen LogP contribution is -2.24. The monoisotopic (exact) mass is 275 g/mol. The van der Waals surface area contributed by atoms with E-state index >= 15 is 0 Å². The zero-order valence-electron chi connectivity index (χ0n) is 7.82. The molecule has 1 rings (SSSR count). The number of nitrogens with two attached hydrogens (primary N) is 1. The maximum absolute atomic E-state index is 8.73. The van der Waals surface area contributed by atoms with Crippen LogP contribution >= 0.6 is 27.7 Å². The molecule has 0 heterocycles. The van der Waals surface area contributed by atoms with Crippen LogP contribution in [0.1, 0.15) is 6.42 Å². The first-order valence-electron chi connectivity index (χ1n) is 4.47. The summed E-state index contributed by atoms with van der Waals surface area (Å²) in [5.74, 6) is 0.948. The van der Waals surface area contributed by atoms with E-state index in [1.54, 1.807) is 11.8 Å². The minimum Gasteiger partial charge on any atom is -0.395 e. The Morgan fingerprint density at radius 2 is 2.00 bits per heavy atom. The first-order valence-corrected chi connectivity index (χ1v) is 6.25. The molecule has 0 saturated heterocycles. The summed E-state index contributed by atoms with van der Waals surface area (Å²) < 4.78 is 1.09. The average Bonchev–Trinajstić information content (AvgIpc) is 2.21. The zero-order valence-corrected chi connectivity index (χ0v) is 10.2. The highest BCUT2D eigenvalue weighted by Gasteiger charge is 2.00. The standard InChI is InChI=1S/C10H14BrNOS/c11-8-1-3-10(4-2-8)14-6-5-9(12)7-13/h1-4,9,13H,5-7,12H2. The molecule has 0 aromatic heterocycles. The molecule has 78 valence electrons. The lowest BCUT2D eigenvalue weighted by Gasteiger charge is -2.06. The Morgan fingerprint density at radius 1 is 1.36 bits per heavy atom. The highest BCUT2D eigenvalue weighted by molar-refractivity contribution is 9.10. The number of aliphatic hydroxyl groups is 1. The van der Waals surface area contributed by atoms with E-state index in [0.29, 0.717) is 0 Å². The summed E-state index contributed by atoms with van der Waals surface area (Å²) >= 11 is 5.15. The Bertz CT molecular complexity index is 265. The van der Waals surface area contributed by atoms with Gasteiger partial charge in [0, 0.05) is 15.4 Å². The number of halogens is 1. The molecule has 3 N–H and O–H groups in total. The zero-order chi connectivity index (χ0) is 10.4. The van der Waals surface area contributed by atoms with Crippen LogP contribution in [0, 0.1) is 0 Å². The second-order valence-corrected chi connectivity index (χ2v) is 5.12. The topological polar surface area (TPSA) is 46.2 Å². The molecule has 1 aromatic rings. The molecular weight excluding hydrogens is 262 g/mol. The predicted molar refractivity (Wildman–Crippen MR) is 64.5 cm³/mol. The average molecular weight is 276 g/mol. The second-order valence-electron chi connectivity index (χ2n) is 3.03. The summed E-state index contributed by atoms with van der Waals surface area (Å²) in [5.41, 5.74) is 5.59. The molecular formula is C10H14BrNOS. The van der Waals surface area contributed by atoms with Crippen molar-refractivity contribution in [3.8, 4) is 0 Å². The number of hydrogen-bond acceptors (Lipinski definition) is 3. The normalized spacial score (nSPS) is 12.8. The van der Waals surface area contributed by atoms with Gasteiger partial charge in [-0.05, 0) is 36.4 Å². The van der Waals surface area contributed by atoms with Crippen LogP contribution < -0.4 is 5.73 Å². The van der Waals surface area contributed by atoms with Crippen molar-refractivity contribution in [3.05, 3.63) is 28.7 Å². The van der Waals surface area contributed by atoms with E-state index < -0.39 is 0 Å². The lowest BCUT2D eigenvalue weighted by atomic mass is 10.3. The highest BCUT2D eigenvalue weighted by atomic mass is 79.9. The number of rotatable bonds is 5. The number of hydrogen-bond donors (Lipinski definition) is 2. The summed E-state index contributed by atoms with van der Waals surface area (Å²) in [5, 5.41) is 8.73. The van der Waals surface area contributed by atoms with Crippen LogP contribution in [0.25, 0.3) is 0 Å². The molecule has 2 nitrogen and oxygen atoms in total. The molecule has 0 aliphatic rings. The van der Waals surface area contributed by atoms with Crippen molar-refractivity contribution in [3.63, 3.8) is 0 Å². The van der Waals surface area contributed by atoms with Gasteiger partial charge in [0.1, 0.15) is 0 Å². The van der Waals surface area contributed by atoms with Crippen LogP contribution in [0.4, 0.5) is 0 Å². The van der Waals surface area contributed by atoms with Crippen molar-refractivity contribution in [1.29, 1.82) is 0 Å². The number of thioether (sulfide) groups is 1. The number of benzene rings is 1. The van der Waals surface area contributed by atoms with E-state index in [9.17, 15) is 0 Å². The Kier molecular flexibility index (Phi) is 5.55.